The lowest BCUT2D eigenvalue weighted by molar-refractivity contribution is -0.346. The van der Waals surface area contributed by atoms with Gasteiger partial charge < -0.3 is 33.6 Å². The predicted octanol–water partition coefficient (Wildman–Crippen LogP) is 5.07. The Morgan fingerprint density at radius 3 is 2.14 bits per heavy atom. The van der Waals surface area contributed by atoms with Gasteiger partial charge in [0.2, 0.25) is 0 Å². The number of benzene rings is 1. The van der Waals surface area contributed by atoms with Crippen molar-refractivity contribution in [3.63, 3.8) is 0 Å². The molecule has 1 unspecified atom stereocenters. The highest BCUT2D eigenvalue weighted by Gasteiger charge is 2.79. The normalized spacial score (nSPS) is 36.2. The molecule has 4 aliphatic rings. The fourth-order valence-electron chi connectivity index (χ4n) is 9.38. The largest absolute Gasteiger partial charge is 0.461 e. The van der Waals surface area contributed by atoms with Crippen molar-refractivity contribution in [3.05, 3.63) is 47.0 Å². The van der Waals surface area contributed by atoms with E-state index in [2.05, 4.69) is 0 Å². The van der Waals surface area contributed by atoms with Crippen LogP contribution in [0.2, 0.25) is 18.1 Å². The van der Waals surface area contributed by atoms with E-state index in [1.165, 1.54) is 6.92 Å². The van der Waals surface area contributed by atoms with Crippen molar-refractivity contribution in [2.45, 2.75) is 141 Å². The summed E-state index contributed by atoms with van der Waals surface area (Å²) in [7, 11) is -2.60. The fraction of sp³-hybridized carbons (Fsp3) is 0.684. The summed E-state index contributed by atoms with van der Waals surface area (Å²) in [6.07, 6.45) is -6.20. The topological polar surface area (TPSA) is 155 Å². The van der Waals surface area contributed by atoms with Crippen LogP contribution in [0, 0.1) is 16.7 Å². The second kappa shape index (κ2) is 13.6. The van der Waals surface area contributed by atoms with Crippen LogP contribution in [0.25, 0.3) is 0 Å². The Balaban J connectivity index is 1.89. The van der Waals surface area contributed by atoms with Crippen molar-refractivity contribution < 1.29 is 52.8 Å². The van der Waals surface area contributed by atoms with Crippen LogP contribution in [0.3, 0.4) is 0 Å². The molecule has 1 aromatic rings. The van der Waals surface area contributed by atoms with Crippen LogP contribution >= 0.6 is 0 Å². The number of aliphatic hydroxyl groups excluding tert-OH is 1. The molecule has 9 atom stereocenters. The first kappa shape index (κ1) is 38.3. The summed E-state index contributed by atoms with van der Waals surface area (Å²) >= 11 is 0. The maximum Gasteiger partial charge on any atom is 0.338 e. The summed E-state index contributed by atoms with van der Waals surface area (Å²) in [5.41, 5.74) is -5.54. The molecular weight excluding hydrogens is 660 g/mol. The molecule has 50 heavy (non-hydrogen) atoms. The van der Waals surface area contributed by atoms with E-state index in [-0.39, 0.29) is 31.4 Å². The molecule has 5 rings (SSSR count). The molecule has 12 heteroatoms. The lowest BCUT2D eigenvalue weighted by Gasteiger charge is -2.68. The smallest absolute Gasteiger partial charge is 0.338 e. The zero-order valence-corrected chi connectivity index (χ0v) is 31.9. The lowest BCUT2D eigenvalue weighted by Crippen LogP contribution is -2.82. The second-order valence-corrected chi connectivity index (χ2v) is 20.1. The number of hydrogen-bond donors (Lipinski definition) is 2. The number of fused-ring (bicyclic) bond motifs is 5. The standard InChI is InChI=1S/C38H54O11Si/c1-10-28(41)46-26-19-27-37(21-45-27,48-23(6)39)31-33(47-34(43)24-17-15-14-16-18-24)38(44)20-25(40)22(5)29(35(38,7)8)30(32(42)36(26,31)9)49-50(11-2,12-3)13-4/h14-18,25-27,30-31,33,40,44H,10-13,19-21H2,1-9H3/t25-,26-,27+,30+,31?,33-,36+,37-,38+/m0/s1. The Morgan fingerprint density at radius 2 is 1.62 bits per heavy atom. The van der Waals surface area contributed by atoms with Gasteiger partial charge in [-0.05, 0) is 55.3 Å². The Bertz CT molecular complexity index is 1530. The minimum Gasteiger partial charge on any atom is -0.461 e. The third kappa shape index (κ3) is 5.69. The molecule has 1 aliphatic heterocycles. The van der Waals surface area contributed by atoms with E-state index < -0.39 is 90.5 Å². The molecular formula is C38H54O11Si. The van der Waals surface area contributed by atoms with Gasteiger partial charge in [-0.15, -0.1) is 0 Å². The monoisotopic (exact) mass is 714 g/mol. The molecule has 0 radical (unpaired) electrons. The Hall–Kier alpha value is -2.90. The number of rotatable bonds is 10. The van der Waals surface area contributed by atoms with E-state index in [1.54, 1.807) is 65.0 Å². The summed E-state index contributed by atoms with van der Waals surface area (Å²) in [6, 6.07) is 10.4. The molecule has 0 aromatic heterocycles. The predicted molar refractivity (Wildman–Crippen MR) is 185 cm³/mol. The summed E-state index contributed by atoms with van der Waals surface area (Å²) in [4.78, 5) is 56.1. The summed E-state index contributed by atoms with van der Waals surface area (Å²) in [6.45, 7) is 15.9. The number of carbonyl (C=O) groups is 4. The Kier molecular flexibility index (Phi) is 10.4. The zero-order valence-electron chi connectivity index (χ0n) is 30.9. The third-order valence-corrected chi connectivity index (χ3v) is 17.4. The number of ketones is 1. The highest BCUT2D eigenvalue weighted by molar-refractivity contribution is 6.73. The van der Waals surface area contributed by atoms with E-state index in [9.17, 15) is 24.6 Å². The molecule has 1 heterocycles. The van der Waals surface area contributed by atoms with Crippen molar-refractivity contribution in [3.8, 4) is 0 Å². The highest BCUT2D eigenvalue weighted by Crippen LogP contribution is 2.65. The third-order valence-electron chi connectivity index (χ3n) is 12.8. The highest BCUT2D eigenvalue weighted by atomic mass is 28.4. The van der Waals surface area contributed by atoms with Crippen LogP contribution in [0.4, 0.5) is 0 Å². The zero-order chi connectivity index (χ0) is 37.0. The van der Waals surface area contributed by atoms with E-state index >= 15 is 4.79 Å². The van der Waals surface area contributed by atoms with E-state index in [4.69, 9.17) is 23.4 Å². The van der Waals surface area contributed by atoms with Gasteiger partial charge in [0.1, 0.15) is 30.0 Å². The van der Waals surface area contributed by atoms with Crippen molar-refractivity contribution in [1.82, 2.24) is 0 Å². The molecule has 0 spiro atoms. The minimum absolute atomic E-state index is 0.0181. The summed E-state index contributed by atoms with van der Waals surface area (Å²) < 4.78 is 31.9. The van der Waals surface area contributed by atoms with Gasteiger partial charge in [0.25, 0.3) is 0 Å². The molecule has 11 nitrogen and oxygen atoms in total. The van der Waals surface area contributed by atoms with Crippen molar-refractivity contribution in [1.29, 1.82) is 0 Å². The van der Waals surface area contributed by atoms with Gasteiger partial charge in [0.05, 0.1) is 29.6 Å². The molecule has 3 fully saturated rings. The molecule has 3 aliphatic carbocycles. The maximum atomic E-state index is 15.9. The van der Waals surface area contributed by atoms with Gasteiger partial charge in [-0.3, -0.25) is 14.4 Å². The average Bonchev–Trinajstić information content (AvgIpc) is 3.08. The van der Waals surface area contributed by atoms with Crippen LogP contribution in [-0.4, -0.2) is 90.6 Å². The summed E-state index contributed by atoms with van der Waals surface area (Å²) in [5.74, 6) is -3.71. The molecule has 1 saturated heterocycles. The van der Waals surface area contributed by atoms with E-state index in [0.29, 0.717) is 29.3 Å². The first-order valence-corrected chi connectivity index (χ1v) is 20.6. The molecule has 276 valence electrons. The van der Waals surface area contributed by atoms with Gasteiger partial charge in [0, 0.05) is 31.6 Å². The number of aliphatic hydroxyl groups is 2. The van der Waals surface area contributed by atoms with Crippen LogP contribution in [-0.2, 0) is 37.8 Å². The average molecular weight is 715 g/mol. The molecule has 2 N–H and O–H groups in total. The van der Waals surface area contributed by atoms with Gasteiger partial charge in [-0.25, -0.2) is 4.79 Å². The SMILES string of the molecule is CCC(=O)O[C@H]1C[C@H]2OC[C@@]2(OC(C)=O)C2[C@H](OC(=O)c3ccccc3)[C@]3(O)C[C@H](O)C(C)=C([C@@H](O[Si](CC)(CC)CC)C(=O)[C@@]21C)C3(C)C. The maximum absolute atomic E-state index is 15.9. The van der Waals surface area contributed by atoms with Crippen LogP contribution in [0.5, 0.6) is 0 Å². The quantitative estimate of drug-likeness (QED) is 0.144. The first-order chi connectivity index (χ1) is 23.4. The second-order valence-electron chi connectivity index (χ2n) is 15.3. The Labute approximate surface area is 296 Å². The van der Waals surface area contributed by atoms with Gasteiger partial charge >= 0.3 is 17.9 Å². The molecule has 0 amide bonds. The van der Waals surface area contributed by atoms with E-state index in [1.807, 2.05) is 20.8 Å². The fourth-order valence-corrected chi connectivity index (χ4v) is 12.1. The van der Waals surface area contributed by atoms with Gasteiger partial charge in [0.15, 0.2) is 19.7 Å². The van der Waals surface area contributed by atoms with Crippen molar-refractivity contribution in [2.24, 2.45) is 16.7 Å². The number of Topliss-reactive ketones (excluding diaryl/α,β-unsaturated/α-hetero) is 1. The van der Waals surface area contributed by atoms with Crippen molar-refractivity contribution >= 4 is 32.0 Å². The molecule has 1 aromatic carbocycles. The van der Waals surface area contributed by atoms with Crippen LogP contribution in [0.15, 0.2) is 41.5 Å². The first-order valence-electron chi connectivity index (χ1n) is 18.0. The van der Waals surface area contributed by atoms with E-state index in [0.717, 1.165) is 0 Å². The van der Waals surface area contributed by atoms with Crippen LogP contribution < -0.4 is 0 Å². The molecule has 2 bridgehead atoms. The van der Waals surface area contributed by atoms with Gasteiger partial charge in [-0.2, -0.15) is 0 Å². The van der Waals surface area contributed by atoms with Crippen molar-refractivity contribution in [2.75, 3.05) is 6.61 Å². The van der Waals surface area contributed by atoms with Crippen LogP contribution in [0.1, 0.15) is 91.9 Å². The molecule has 2 saturated carbocycles. The lowest BCUT2D eigenvalue weighted by atomic mass is 9.44. The summed E-state index contributed by atoms with van der Waals surface area (Å²) in [5, 5.41) is 25.1. The number of carbonyl (C=O) groups excluding carboxylic acids is 4. The Morgan fingerprint density at radius 1 is 1.00 bits per heavy atom. The van der Waals surface area contributed by atoms with Gasteiger partial charge in [-0.1, -0.05) is 59.7 Å². The number of hydrogen-bond acceptors (Lipinski definition) is 11. The number of esters is 3. The number of ether oxygens (including phenoxy) is 4. The minimum atomic E-state index is -2.60.